The predicted octanol–water partition coefficient (Wildman–Crippen LogP) is 2.50. The van der Waals surface area contributed by atoms with Crippen molar-refractivity contribution in [1.29, 1.82) is 5.26 Å². The Labute approximate surface area is 142 Å². The highest BCUT2D eigenvalue weighted by atomic mass is 16.1. The highest BCUT2D eigenvalue weighted by molar-refractivity contribution is 5.33. The molecule has 124 valence electrons. The molecule has 0 fully saturated rings. The van der Waals surface area contributed by atoms with Gasteiger partial charge in [0.2, 0.25) is 0 Å². The lowest BCUT2D eigenvalue weighted by atomic mass is 9.95. The molecule has 0 atom stereocenters. The van der Waals surface area contributed by atoms with Gasteiger partial charge in [0.05, 0.1) is 22.9 Å². The van der Waals surface area contributed by atoms with Gasteiger partial charge in [-0.2, -0.15) is 5.26 Å². The summed E-state index contributed by atoms with van der Waals surface area (Å²) in [7, 11) is 0. The number of nitriles is 1. The van der Waals surface area contributed by atoms with Gasteiger partial charge in [0.1, 0.15) is 5.82 Å². The Hall–Kier alpha value is -2.45. The maximum absolute atomic E-state index is 12.5. The van der Waals surface area contributed by atoms with Crippen molar-refractivity contribution in [3.05, 3.63) is 62.8 Å². The van der Waals surface area contributed by atoms with E-state index in [-0.39, 0.29) is 11.0 Å². The summed E-state index contributed by atoms with van der Waals surface area (Å²) in [5, 5.41) is 9.01. The van der Waals surface area contributed by atoms with Crippen LogP contribution in [0.5, 0.6) is 0 Å². The van der Waals surface area contributed by atoms with Crippen LogP contribution in [0.25, 0.3) is 0 Å². The van der Waals surface area contributed by atoms with E-state index >= 15 is 0 Å². The SMILES string of the molecule is CC(C)(C)c1nc2c(c(=O)[nH]1)CN(Cc1cccc(C#N)c1)CC2. The number of hydrogen-bond donors (Lipinski definition) is 1. The first-order valence-electron chi connectivity index (χ1n) is 8.21. The first kappa shape index (κ1) is 16.4. The number of benzene rings is 1. The van der Waals surface area contributed by atoms with E-state index in [0.29, 0.717) is 12.1 Å². The first-order chi connectivity index (χ1) is 11.4. The Bertz CT molecular complexity index is 855. The van der Waals surface area contributed by atoms with Gasteiger partial charge in [-0.05, 0) is 17.7 Å². The van der Waals surface area contributed by atoms with E-state index in [4.69, 9.17) is 5.26 Å². The number of H-pyrrole nitrogens is 1. The standard InChI is InChI=1S/C19H22N4O/c1-19(2,3)18-21-16-7-8-23(12-15(16)17(24)22-18)11-14-6-4-5-13(9-14)10-20/h4-6,9H,7-8,11-12H2,1-3H3,(H,21,22,24). The molecule has 0 amide bonds. The summed E-state index contributed by atoms with van der Waals surface area (Å²) >= 11 is 0. The van der Waals surface area contributed by atoms with Crippen molar-refractivity contribution in [1.82, 2.24) is 14.9 Å². The number of hydrogen-bond acceptors (Lipinski definition) is 4. The van der Waals surface area contributed by atoms with E-state index in [2.05, 4.69) is 41.7 Å². The van der Waals surface area contributed by atoms with Gasteiger partial charge in [-0.15, -0.1) is 0 Å². The zero-order valence-electron chi connectivity index (χ0n) is 14.4. The lowest BCUT2D eigenvalue weighted by molar-refractivity contribution is 0.241. The van der Waals surface area contributed by atoms with Gasteiger partial charge in [-0.3, -0.25) is 9.69 Å². The lowest BCUT2D eigenvalue weighted by Gasteiger charge is -2.29. The molecule has 2 aromatic rings. The molecule has 0 saturated heterocycles. The fourth-order valence-electron chi connectivity index (χ4n) is 2.97. The zero-order chi connectivity index (χ0) is 17.3. The summed E-state index contributed by atoms with van der Waals surface area (Å²) in [6, 6.07) is 9.79. The van der Waals surface area contributed by atoms with E-state index < -0.39 is 0 Å². The molecule has 1 aliphatic rings. The van der Waals surface area contributed by atoms with Gasteiger partial charge in [0.25, 0.3) is 5.56 Å². The molecular weight excluding hydrogens is 300 g/mol. The minimum Gasteiger partial charge on any atom is -0.310 e. The van der Waals surface area contributed by atoms with Crippen LogP contribution in [0, 0.1) is 11.3 Å². The second-order valence-electron chi connectivity index (χ2n) is 7.36. The van der Waals surface area contributed by atoms with Crippen LogP contribution < -0.4 is 5.56 Å². The van der Waals surface area contributed by atoms with Gasteiger partial charge >= 0.3 is 0 Å². The Morgan fingerprint density at radius 3 is 2.88 bits per heavy atom. The van der Waals surface area contributed by atoms with Gasteiger partial charge < -0.3 is 4.98 Å². The van der Waals surface area contributed by atoms with Crippen molar-refractivity contribution in [3.63, 3.8) is 0 Å². The van der Waals surface area contributed by atoms with E-state index in [0.717, 1.165) is 42.2 Å². The largest absolute Gasteiger partial charge is 0.310 e. The smallest absolute Gasteiger partial charge is 0.255 e. The van der Waals surface area contributed by atoms with Gasteiger partial charge in [0, 0.05) is 31.5 Å². The molecule has 0 radical (unpaired) electrons. The van der Waals surface area contributed by atoms with Crippen LogP contribution in [0.15, 0.2) is 29.1 Å². The molecule has 1 aromatic heterocycles. The second-order valence-corrected chi connectivity index (χ2v) is 7.36. The fraction of sp³-hybridized carbons (Fsp3) is 0.421. The Morgan fingerprint density at radius 2 is 2.17 bits per heavy atom. The van der Waals surface area contributed by atoms with Crippen LogP contribution in [0.4, 0.5) is 0 Å². The van der Waals surface area contributed by atoms with E-state index in [9.17, 15) is 4.79 Å². The number of fused-ring (bicyclic) bond motifs is 1. The molecule has 0 unspecified atom stereocenters. The number of rotatable bonds is 2. The molecule has 5 nitrogen and oxygen atoms in total. The molecule has 24 heavy (non-hydrogen) atoms. The molecule has 1 aliphatic heterocycles. The molecule has 0 bridgehead atoms. The van der Waals surface area contributed by atoms with Crippen molar-refractivity contribution in [3.8, 4) is 6.07 Å². The molecule has 2 heterocycles. The number of nitrogens with one attached hydrogen (secondary N) is 1. The summed E-state index contributed by atoms with van der Waals surface area (Å²) in [5.74, 6) is 0.751. The van der Waals surface area contributed by atoms with E-state index in [1.54, 1.807) is 6.07 Å². The van der Waals surface area contributed by atoms with Crippen LogP contribution in [0.1, 0.15) is 49.0 Å². The quantitative estimate of drug-likeness (QED) is 0.922. The number of aromatic amines is 1. The molecular formula is C19H22N4O. The van der Waals surface area contributed by atoms with Gasteiger partial charge in [-0.1, -0.05) is 32.9 Å². The predicted molar refractivity (Wildman–Crippen MR) is 92.5 cm³/mol. The van der Waals surface area contributed by atoms with Crippen molar-refractivity contribution >= 4 is 0 Å². The topological polar surface area (TPSA) is 72.8 Å². The van der Waals surface area contributed by atoms with Crippen LogP contribution in [0.3, 0.4) is 0 Å². The van der Waals surface area contributed by atoms with E-state index in [1.807, 2.05) is 18.2 Å². The molecule has 0 aliphatic carbocycles. The van der Waals surface area contributed by atoms with Gasteiger partial charge in [0.15, 0.2) is 0 Å². The molecule has 0 saturated carbocycles. The second kappa shape index (κ2) is 6.21. The molecule has 5 heteroatoms. The monoisotopic (exact) mass is 322 g/mol. The minimum atomic E-state index is -0.164. The highest BCUT2D eigenvalue weighted by Gasteiger charge is 2.24. The summed E-state index contributed by atoms with van der Waals surface area (Å²) in [6.07, 6.45) is 0.778. The maximum Gasteiger partial charge on any atom is 0.255 e. The minimum absolute atomic E-state index is 0.0274. The summed E-state index contributed by atoms with van der Waals surface area (Å²) in [5.41, 5.74) is 3.26. The van der Waals surface area contributed by atoms with Gasteiger partial charge in [-0.25, -0.2) is 4.98 Å². The Morgan fingerprint density at radius 1 is 1.38 bits per heavy atom. The molecule has 0 spiro atoms. The summed E-state index contributed by atoms with van der Waals surface area (Å²) in [4.78, 5) is 22.3. The summed E-state index contributed by atoms with van der Waals surface area (Å²) in [6.45, 7) is 8.34. The first-order valence-corrected chi connectivity index (χ1v) is 8.21. The maximum atomic E-state index is 12.5. The normalized spacial score (nSPS) is 14.9. The fourth-order valence-corrected chi connectivity index (χ4v) is 2.97. The Kier molecular flexibility index (Phi) is 4.25. The van der Waals surface area contributed by atoms with Crippen LogP contribution in [-0.4, -0.2) is 21.4 Å². The van der Waals surface area contributed by atoms with E-state index in [1.165, 1.54) is 0 Å². The third kappa shape index (κ3) is 3.39. The lowest BCUT2D eigenvalue weighted by Crippen LogP contribution is -2.37. The summed E-state index contributed by atoms with van der Waals surface area (Å²) < 4.78 is 0. The average Bonchev–Trinajstić information content (AvgIpc) is 2.54. The molecule has 3 rings (SSSR count). The number of aromatic nitrogens is 2. The van der Waals surface area contributed by atoms with Crippen molar-refractivity contribution in [2.45, 2.75) is 45.7 Å². The number of nitrogens with zero attached hydrogens (tertiary/aromatic N) is 3. The van der Waals surface area contributed by atoms with Crippen LogP contribution in [-0.2, 0) is 24.9 Å². The molecule has 1 N–H and O–H groups in total. The van der Waals surface area contributed by atoms with Crippen molar-refractivity contribution in [2.24, 2.45) is 0 Å². The van der Waals surface area contributed by atoms with Crippen LogP contribution >= 0.6 is 0 Å². The zero-order valence-corrected chi connectivity index (χ0v) is 14.4. The Balaban J connectivity index is 1.82. The average molecular weight is 322 g/mol. The van der Waals surface area contributed by atoms with Crippen molar-refractivity contribution in [2.75, 3.05) is 6.54 Å². The third-order valence-corrected chi connectivity index (χ3v) is 4.32. The molecule has 1 aromatic carbocycles. The third-order valence-electron chi connectivity index (χ3n) is 4.32. The van der Waals surface area contributed by atoms with Crippen LogP contribution in [0.2, 0.25) is 0 Å². The highest BCUT2D eigenvalue weighted by Crippen LogP contribution is 2.21. The van der Waals surface area contributed by atoms with Crippen molar-refractivity contribution < 1.29 is 0 Å².